The third-order valence-electron chi connectivity index (χ3n) is 3.73. The Labute approximate surface area is 141 Å². The number of benzene rings is 2. The molecule has 24 heavy (non-hydrogen) atoms. The molecule has 0 spiro atoms. The summed E-state index contributed by atoms with van der Waals surface area (Å²) in [6.45, 7) is 2.98. The van der Waals surface area contributed by atoms with Gasteiger partial charge in [-0.1, -0.05) is 48.0 Å². The lowest BCUT2D eigenvalue weighted by Gasteiger charge is -2.22. The number of nitrogens with one attached hydrogen (secondary N) is 1. The lowest BCUT2D eigenvalue weighted by Crippen LogP contribution is -2.33. The largest absolute Gasteiger partial charge is 0.467 e. The standard InChI is InChI=1S/C20H20N2O2/c1-16-9-11-17(12-10-16)14-22(15-19-8-5-13-24-19)20(23)21-18-6-3-2-4-7-18/h2-13H,14-15H2,1H3,(H,21,23). The molecule has 0 fully saturated rings. The lowest BCUT2D eigenvalue weighted by atomic mass is 10.1. The van der Waals surface area contributed by atoms with Gasteiger partial charge in [0.2, 0.25) is 0 Å². The van der Waals surface area contributed by atoms with Crippen molar-refractivity contribution < 1.29 is 9.21 Å². The van der Waals surface area contributed by atoms with Crippen LogP contribution in [0.5, 0.6) is 0 Å². The van der Waals surface area contributed by atoms with E-state index in [1.807, 2.05) is 61.5 Å². The summed E-state index contributed by atoms with van der Waals surface area (Å²) in [5.41, 5.74) is 3.05. The fourth-order valence-electron chi connectivity index (χ4n) is 2.43. The molecule has 0 unspecified atom stereocenters. The summed E-state index contributed by atoms with van der Waals surface area (Å²) in [4.78, 5) is 14.4. The zero-order valence-electron chi connectivity index (χ0n) is 13.6. The Bertz CT molecular complexity index is 765. The van der Waals surface area contributed by atoms with Gasteiger partial charge in [0.25, 0.3) is 0 Å². The molecule has 0 aliphatic rings. The highest BCUT2D eigenvalue weighted by atomic mass is 16.3. The molecule has 0 atom stereocenters. The van der Waals surface area contributed by atoms with Crippen LogP contribution in [0.25, 0.3) is 0 Å². The normalized spacial score (nSPS) is 10.4. The number of rotatable bonds is 5. The molecule has 0 bridgehead atoms. The van der Waals surface area contributed by atoms with Gasteiger partial charge < -0.3 is 14.6 Å². The lowest BCUT2D eigenvalue weighted by molar-refractivity contribution is 0.201. The molecule has 1 aromatic heterocycles. The molecule has 3 aromatic rings. The van der Waals surface area contributed by atoms with Gasteiger partial charge in [-0.15, -0.1) is 0 Å². The first-order chi connectivity index (χ1) is 11.7. The second-order valence-corrected chi connectivity index (χ2v) is 5.72. The van der Waals surface area contributed by atoms with E-state index in [1.54, 1.807) is 11.2 Å². The Morgan fingerprint density at radius 3 is 2.38 bits per heavy atom. The summed E-state index contributed by atoms with van der Waals surface area (Å²) in [7, 11) is 0. The van der Waals surface area contributed by atoms with Crippen LogP contribution < -0.4 is 5.32 Å². The predicted molar refractivity (Wildman–Crippen MR) is 94.6 cm³/mol. The molecular formula is C20H20N2O2. The van der Waals surface area contributed by atoms with Crippen molar-refractivity contribution in [2.75, 3.05) is 5.32 Å². The molecule has 0 aliphatic carbocycles. The van der Waals surface area contributed by atoms with Gasteiger partial charge in [-0.2, -0.15) is 0 Å². The van der Waals surface area contributed by atoms with Crippen molar-refractivity contribution in [2.45, 2.75) is 20.0 Å². The number of hydrogen-bond donors (Lipinski definition) is 1. The molecule has 0 saturated heterocycles. The van der Waals surface area contributed by atoms with Crippen LogP contribution in [0.4, 0.5) is 10.5 Å². The van der Waals surface area contributed by atoms with E-state index < -0.39 is 0 Å². The molecule has 0 radical (unpaired) electrons. The number of furan rings is 1. The van der Waals surface area contributed by atoms with Crippen LogP contribution in [-0.4, -0.2) is 10.9 Å². The minimum absolute atomic E-state index is 0.154. The molecule has 1 heterocycles. The smallest absolute Gasteiger partial charge is 0.322 e. The number of anilines is 1. The average molecular weight is 320 g/mol. The first-order valence-electron chi connectivity index (χ1n) is 7.89. The monoisotopic (exact) mass is 320 g/mol. The molecule has 3 rings (SSSR count). The number of carbonyl (C=O) groups is 1. The zero-order chi connectivity index (χ0) is 16.8. The maximum Gasteiger partial charge on any atom is 0.322 e. The number of amides is 2. The molecule has 2 amide bonds. The number of para-hydroxylation sites is 1. The van der Waals surface area contributed by atoms with Gasteiger partial charge in [-0.25, -0.2) is 4.79 Å². The number of carbonyl (C=O) groups excluding carboxylic acids is 1. The Balaban J connectivity index is 1.75. The van der Waals surface area contributed by atoms with Crippen LogP contribution in [0.1, 0.15) is 16.9 Å². The number of urea groups is 1. The van der Waals surface area contributed by atoms with E-state index >= 15 is 0 Å². The molecular weight excluding hydrogens is 300 g/mol. The fourth-order valence-corrected chi connectivity index (χ4v) is 2.43. The first kappa shape index (κ1) is 15.9. The van der Waals surface area contributed by atoms with Crippen molar-refractivity contribution in [3.8, 4) is 0 Å². The van der Waals surface area contributed by atoms with Crippen LogP contribution in [0.15, 0.2) is 77.4 Å². The van der Waals surface area contributed by atoms with Gasteiger partial charge in [0.1, 0.15) is 5.76 Å². The van der Waals surface area contributed by atoms with E-state index in [0.29, 0.717) is 13.1 Å². The van der Waals surface area contributed by atoms with Crippen molar-refractivity contribution >= 4 is 11.7 Å². The Hall–Kier alpha value is -3.01. The SMILES string of the molecule is Cc1ccc(CN(Cc2ccco2)C(=O)Nc2ccccc2)cc1. The molecule has 0 aliphatic heterocycles. The van der Waals surface area contributed by atoms with Gasteiger partial charge in [-0.05, 0) is 36.8 Å². The van der Waals surface area contributed by atoms with Crippen LogP contribution >= 0.6 is 0 Å². The highest BCUT2D eigenvalue weighted by molar-refractivity contribution is 5.89. The molecule has 4 heteroatoms. The van der Waals surface area contributed by atoms with Crippen molar-refractivity contribution in [1.29, 1.82) is 0 Å². The van der Waals surface area contributed by atoms with Crippen molar-refractivity contribution in [2.24, 2.45) is 0 Å². The van der Waals surface area contributed by atoms with Crippen LogP contribution in [0.2, 0.25) is 0 Å². The van der Waals surface area contributed by atoms with Crippen molar-refractivity contribution in [3.63, 3.8) is 0 Å². The second kappa shape index (κ2) is 7.51. The molecule has 1 N–H and O–H groups in total. The summed E-state index contributed by atoms with van der Waals surface area (Å²) in [5.74, 6) is 0.755. The maximum absolute atomic E-state index is 12.7. The number of hydrogen-bond acceptors (Lipinski definition) is 2. The first-order valence-corrected chi connectivity index (χ1v) is 7.89. The quantitative estimate of drug-likeness (QED) is 0.732. The molecule has 2 aromatic carbocycles. The van der Waals surface area contributed by atoms with Crippen LogP contribution in [0, 0.1) is 6.92 Å². The second-order valence-electron chi connectivity index (χ2n) is 5.72. The third kappa shape index (κ3) is 4.26. The van der Waals surface area contributed by atoms with Crippen molar-refractivity contribution in [1.82, 2.24) is 4.90 Å². The average Bonchev–Trinajstić information content (AvgIpc) is 3.10. The summed E-state index contributed by atoms with van der Waals surface area (Å²) >= 11 is 0. The van der Waals surface area contributed by atoms with Crippen LogP contribution in [-0.2, 0) is 13.1 Å². The van der Waals surface area contributed by atoms with E-state index in [2.05, 4.69) is 17.4 Å². The summed E-state index contributed by atoms with van der Waals surface area (Å²) in [6, 6.07) is 21.2. The van der Waals surface area contributed by atoms with E-state index in [1.165, 1.54) is 5.56 Å². The topological polar surface area (TPSA) is 45.5 Å². The van der Waals surface area contributed by atoms with E-state index in [0.717, 1.165) is 17.0 Å². The van der Waals surface area contributed by atoms with Gasteiger partial charge in [-0.3, -0.25) is 0 Å². The molecule has 122 valence electrons. The Kier molecular flexibility index (Phi) is 4.96. The summed E-state index contributed by atoms with van der Waals surface area (Å²) in [5, 5.41) is 2.93. The number of nitrogens with zero attached hydrogens (tertiary/aromatic N) is 1. The Morgan fingerprint density at radius 2 is 1.71 bits per heavy atom. The van der Waals surface area contributed by atoms with Crippen LogP contribution in [0.3, 0.4) is 0 Å². The number of aryl methyl sites for hydroxylation is 1. The summed E-state index contributed by atoms with van der Waals surface area (Å²) in [6.07, 6.45) is 1.62. The zero-order valence-corrected chi connectivity index (χ0v) is 13.6. The molecule has 0 saturated carbocycles. The highest BCUT2D eigenvalue weighted by Gasteiger charge is 2.16. The maximum atomic E-state index is 12.7. The minimum Gasteiger partial charge on any atom is -0.467 e. The van der Waals surface area contributed by atoms with Gasteiger partial charge in [0.05, 0.1) is 12.8 Å². The highest BCUT2D eigenvalue weighted by Crippen LogP contribution is 2.14. The van der Waals surface area contributed by atoms with Crippen molar-refractivity contribution in [3.05, 3.63) is 89.9 Å². The molecule has 4 nitrogen and oxygen atoms in total. The third-order valence-corrected chi connectivity index (χ3v) is 3.73. The fraction of sp³-hybridized carbons (Fsp3) is 0.150. The predicted octanol–water partition coefficient (Wildman–Crippen LogP) is 4.82. The van der Waals surface area contributed by atoms with E-state index in [9.17, 15) is 4.79 Å². The van der Waals surface area contributed by atoms with Gasteiger partial charge >= 0.3 is 6.03 Å². The van der Waals surface area contributed by atoms with E-state index in [4.69, 9.17) is 4.42 Å². The van der Waals surface area contributed by atoms with Gasteiger partial charge in [0.15, 0.2) is 0 Å². The minimum atomic E-state index is -0.154. The Morgan fingerprint density at radius 1 is 0.958 bits per heavy atom. The summed E-state index contributed by atoms with van der Waals surface area (Å²) < 4.78 is 5.40. The van der Waals surface area contributed by atoms with Gasteiger partial charge in [0, 0.05) is 12.2 Å². The van der Waals surface area contributed by atoms with E-state index in [-0.39, 0.29) is 6.03 Å².